The highest BCUT2D eigenvalue weighted by Gasteiger charge is 2.26. The molecule has 8 nitrogen and oxygen atoms in total. The lowest BCUT2D eigenvalue weighted by Gasteiger charge is -2.11. The average Bonchev–Trinajstić information content (AvgIpc) is 3.35. The molecule has 0 saturated heterocycles. The smallest absolute Gasteiger partial charge is 0.341 e. The van der Waals surface area contributed by atoms with E-state index in [0.29, 0.717) is 27.3 Å². The predicted octanol–water partition coefficient (Wildman–Crippen LogP) is 4.77. The molecule has 0 unspecified atom stereocenters. The first-order chi connectivity index (χ1) is 17.0. The number of carbonyl (C=O) groups excluding carboxylic acids is 2. The van der Waals surface area contributed by atoms with Gasteiger partial charge in [-0.2, -0.15) is 0 Å². The summed E-state index contributed by atoms with van der Waals surface area (Å²) in [6.45, 7) is 0.158. The SMILES string of the molecule is COC(=O)c1c(NC(=O)CSc2nnc(COc3ccc(F)cc3)n2C)sc2c1CCCCCC2. The Kier molecular flexibility index (Phi) is 8.40. The molecule has 1 aliphatic carbocycles. The number of halogens is 1. The number of fused-ring (bicyclic) bond motifs is 1. The van der Waals surface area contributed by atoms with Gasteiger partial charge in [0.25, 0.3) is 0 Å². The minimum absolute atomic E-state index is 0.105. The van der Waals surface area contributed by atoms with E-state index in [1.807, 2.05) is 0 Å². The minimum atomic E-state index is -0.412. The van der Waals surface area contributed by atoms with Crippen LogP contribution in [0.5, 0.6) is 5.75 Å². The van der Waals surface area contributed by atoms with Gasteiger partial charge < -0.3 is 19.4 Å². The molecule has 1 N–H and O–H groups in total. The second-order valence-corrected chi connectivity index (χ2v) is 10.2. The second kappa shape index (κ2) is 11.7. The van der Waals surface area contributed by atoms with Crippen LogP contribution in [0.25, 0.3) is 0 Å². The molecule has 1 aromatic carbocycles. The van der Waals surface area contributed by atoms with Crippen LogP contribution in [0, 0.1) is 5.82 Å². The van der Waals surface area contributed by atoms with E-state index in [9.17, 15) is 14.0 Å². The Bertz CT molecular complexity index is 1190. The fourth-order valence-electron chi connectivity index (χ4n) is 3.89. The lowest BCUT2D eigenvalue weighted by Crippen LogP contribution is -2.16. The van der Waals surface area contributed by atoms with E-state index in [4.69, 9.17) is 9.47 Å². The summed E-state index contributed by atoms with van der Waals surface area (Å²) < 4.78 is 25.4. The molecule has 0 spiro atoms. The molecule has 0 aliphatic heterocycles. The van der Waals surface area contributed by atoms with Crippen LogP contribution >= 0.6 is 23.1 Å². The molecule has 1 amide bonds. The normalized spacial score (nSPS) is 13.5. The van der Waals surface area contributed by atoms with E-state index in [0.717, 1.165) is 42.5 Å². The molecule has 0 fully saturated rings. The van der Waals surface area contributed by atoms with Gasteiger partial charge in [0.05, 0.1) is 18.4 Å². The van der Waals surface area contributed by atoms with Crippen molar-refractivity contribution in [1.29, 1.82) is 0 Å². The number of aromatic nitrogens is 3. The Morgan fingerprint density at radius 3 is 2.63 bits per heavy atom. The first kappa shape index (κ1) is 25.2. The van der Waals surface area contributed by atoms with Crippen LogP contribution in [0.1, 0.15) is 52.3 Å². The number of hydrogen-bond acceptors (Lipinski definition) is 8. The number of ether oxygens (including phenoxy) is 2. The summed E-state index contributed by atoms with van der Waals surface area (Å²) in [7, 11) is 3.15. The van der Waals surface area contributed by atoms with Gasteiger partial charge in [0.1, 0.15) is 23.2 Å². The topological polar surface area (TPSA) is 95.3 Å². The number of nitrogens with one attached hydrogen (secondary N) is 1. The number of aryl methyl sites for hydroxylation is 1. The molecule has 2 aromatic heterocycles. The minimum Gasteiger partial charge on any atom is -0.486 e. The van der Waals surface area contributed by atoms with Gasteiger partial charge in [-0.15, -0.1) is 21.5 Å². The van der Waals surface area contributed by atoms with Gasteiger partial charge in [-0.1, -0.05) is 24.6 Å². The van der Waals surface area contributed by atoms with Crippen molar-refractivity contribution in [2.24, 2.45) is 7.05 Å². The summed E-state index contributed by atoms with van der Waals surface area (Å²) in [4.78, 5) is 26.5. The van der Waals surface area contributed by atoms with E-state index in [-0.39, 0.29) is 24.1 Å². The average molecular weight is 519 g/mol. The van der Waals surface area contributed by atoms with E-state index in [1.54, 1.807) is 23.7 Å². The Labute approximate surface area is 211 Å². The number of thiophene rings is 1. The molecule has 186 valence electrons. The maximum Gasteiger partial charge on any atom is 0.341 e. The molecule has 0 atom stereocenters. The third kappa shape index (κ3) is 6.21. The van der Waals surface area contributed by atoms with Crippen molar-refractivity contribution in [2.75, 3.05) is 18.2 Å². The van der Waals surface area contributed by atoms with Crippen molar-refractivity contribution < 1.29 is 23.5 Å². The van der Waals surface area contributed by atoms with Crippen molar-refractivity contribution in [3.8, 4) is 5.75 Å². The predicted molar refractivity (Wildman–Crippen MR) is 133 cm³/mol. The number of esters is 1. The molecule has 2 heterocycles. The maximum atomic E-state index is 13.0. The Morgan fingerprint density at radius 1 is 1.14 bits per heavy atom. The lowest BCUT2D eigenvalue weighted by atomic mass is 9.96. The summed E-state index contributed by atoms with van der Waals surface area (Å²) in [5, 5.41) is 12.3. The van der Waals surface area contributed by atoms with Crippen molar-refractivity contribution in [2.45, 2.75) is 50.3 Å². The molecule has 0 radical (unpaired) electrons. The van der Waals surface area contributed by atoms with Crippen LogP contribution in [0.2, 0.25) is 0 Å². The molecule has 35 heavy (non-hydrogen) atoms. The van der Waals surface area contributed by atoms with E-state index in [2.05, 4.69) is 15.5 Å². The first-order valence-electron chi connectivity index (χ1n) is 11.4. The number of benzene rings is 1. The molecule has 3 aromatic rings. The Balaban J connectivity index is 1.38. The van der Waals surface area contributed by atoms with Crippen LogP contribution in [-0.2, 0) is 36.0 Å². The highest BCUT2D eigenvalue weighted by molar-refractivity contribution is 7.99. The molecule has 0 bridgehead atoms. The molecule has 0 saturated carbocycles. The zero-order chi connectivity index (χ0) is 24.8. The van der Waals surface area contributed by atoms with Gasteiger partial charge in [0.2, 0.25) is 5.91 Å². The van der Waals surface area contributed by atoms with Crippen molar-refractivity contribution in [3.05, 3.63) is 51.9 Å². The number of nitrogens with zero attached hydrogens (tertiary/aromatic N) is 3. The standard InChI is InChI=1S/C24H27FN4O4S2/c1-29-19(13-33-16-11-9-15(25)10-12-16)27-28-24(29)34-14-20(30)26-22-21(23(31)32-2)17-7-5-3-4-6-8-18(17)35-22/h9-12H,3-8,13-14H2,1-2H3,(H,26,30). The van der Waals surface area contributed by atoms with Crippen LogP contribution < -0.4 is 10.1 Å². The number of hydrogen-bond donors (Lipinski definition) is 1. The number of rotatable bonds is 8. The van der Waals surface area contributed by atoms with Crippen LogP contribution in [0.4, 0.5) is 9.39 Å². The van der Waals surface area contributed by atoms with Gasteiger partial charge >= 0.3 is 5.97 Å². The monoisotopic (exact) mass is 518 g/mol. The summed E-state index contributed by atoms with van der Waals surface area (Å²) in [5.74, 6) is 0.221. The van der Waals surface area contributed by atoms with Crippen molar-refractivity contribution in [1.82, 2.24) is 14.8 Å². The molecule has 1 aliphatic rings. The zero-order valence-corrected chi connectivity index (χ0v) is 21.3. The van der Waals surface area contributed by atoms with Gasteiger partial charge in [0.15, 0.2) is 11.0 Å². The second-order valence-electron chi connectivity index (χ2n) is 8.15. The fraction of sp³-hybridized carbons (Fsp3) is 0.417. The van der Waals surface area contributed by atoms with Gasteiger partial charge in [-0.25, -0.2) is 9.18 Å². The highest BCUT2D eigenvalue weighted by atomic mass is 32.2. The highest BCUT2D eigenvalue weighted by Crippen LogP contribution is 2.37. The fourth-order valence-corrected chi connectivity index (χ4v) is 5.92. The van der Waals surface area contributed by atoms with Gasteiger partial charge in [0, 0.05) is 11.9 Å². The largest absolute Gasteiger partial charge is 0.486 e. The van der Waals surface area contributed by atoms with Crippen molar-refractivity contribution >= 4 is 40.0 Å². The van der Waals surface area contributed by atoms with Crippen LogP contribution in [0.3, 0.4) is 0 Å². The van der Waals surface area contributed by atoms with E-state index >= 15 is 0 Å². The summed E-state index contributed by atoms with van der Waals surface area (Å²) in [6, 6.07) is 5.73. The molecular formula is C24H27FN4O4S2. The molecule has 4 rings (SSSR count). The zero-order valence-electron chi connectivity index (χ0n) is 19.6. The van der Waals surface area contributed by atoms with E-state index in [1.165, 1.54) is 48.8 Å². The third-order valence-electron chi connectivity index (χ3n) is 5.75. The van der Waals surface area contributed by atoms with E-state index < -0.39 is 5.97 Å². The quantitative estimate of drug-likeness (QED) is 0.339. The maximum absolute atomic E-state index is 13.0. The summed E-state index contributed by atoms with van der Waals surface area (Å²) in [5.41, 5.74) is 1.51. The summed E-state index contributed by atoms with van der Waals surface area (Å²) in [6.07, 6.45) is 6.16. The third-order valence-corrected chi connectivity index (χ3v) is 7.98. The van der Waals surface area contributed by atoms with Gasteiger partial charge in [-0.05, 0) is 55.5 Å². The number of carbonyl (C=O) groups is 2. The number of anilines is 1. The number of amides is 1. The molecule has 11 heteroatoms. The van der Waals surface area contributed by atoms with Crippen molar-refractivity contribution in [3.63, 3.8) is 0 Å². The lowest BCUT2D eigenvalue weighted by molar-refractivity contribution is -0.113. The van der Waals surface area contributed by atoms with Gasteiger partial charge in [-0.3, -0.25) is 4.79 Å². The number of methoxy groups -OCH3 is 1. The van der Waals surface area contributed by atoms with Crippen LogP contribution in [0.15, 0.2) is 29.4 Å². The summed E-state index contributed by atoms with van der Waals surface area (Å²) >= 11 is 2.72. The molecular weight excluding hydrogens is 491 g/mol. The van der Waals surface area contributed by atoms with Crippen LogP contribution in [-0.4, -0.2) is 39.5 Å². The Morgan fingerprint density at radius 2 is 1.89 bits per heavy atom. The number of thioether (sulfide) groups is 1. The Hall–Kier alpha value is -2.92. The first-order valence-corrected chi connectivity index (χ1v) is 13.2.